The maximum Gasteiger partial charge on any atom is 0.407 e. The molecule has 25 heavy (non-hydrogen) atoms. The van der Waals surface area contributed by atoms with Gasteiger partial charge in [0.15, 0.2) is 0 Å². The normalized spacial score (nSPS) is 22.3. The van der Waals surface area contributed by atoms with Gasteiger partial charge in [0, 0.05) is 0 Å². The molecule has 0 bridgehead atoms. The molecule has 5 nitrogen and oxygen atoms in total. The van der Waals surface area contributed by atoms with Crippen LogP contribution in [0.5, 0.6) is 0 Å². The molecule has 1 heterocycles. The number of carbonyl (C=O) groups is 2. The lowest BCUT2D eigenvalue weighted by Crippen LogP contribution is -2.41. The molecule has 1 saturated heterocycles. The summed E-state index contributed by atoms with van der Waals surface area (Å²) in [5.74, 6) is -0.394. The van der Waals surface area contributed by atoms with Crippen LogP contribution in [0.25, 0.3) is 0 Å². The van der Waals surface area contributed by atoms with Gasteiger partial charge in [0.2, 0.25) is 5.91 Å². The number of alkyl carbamates (subject to hydrolysis) is 1. The Balaban J connectivity index is 1.67. The Morgan fingerprint density at radius 3 is 2.64 bits per heavy atom. The Bertz CT molecular complexity index is 761. The Morgan fingerprint density at radius 2 is 1.92 bits per heavy atom. The summed E-state index contributed by atoms with van der Waals surface area (Å²) in [6.07, 6.45) is -0.519. The van der Waals surface area contributed by atoms with E-state index in [1.807, 2.05) is 68.4 Å². The van der Waals surface area contributed by atoms with E-state index >= 15 is 0 Å². The Morgan fingerprint density at radius 1 is 1.16 bits per heavy atom. The molecule has 0 aliphatic carbocycles. The van der Waals surface area contributed by atoms with Crippen molar-refractivity contribution in [1.29, 1.82) is 0 Å². The highest BCUT2D eigenvalue weighted by atomic mass is 16.5. The first-order valence-corrected chi connectivity index (χ1v) is 8.39. The number of hydrogen-bond acceptors (Lipinski definition) is 3. The van der Waals surface area contributed by atoms with Crippen LogP contribution >= 0.6 is 0 Å². The zero-order valence-electron chi connectivity index (χ0n) is 14.4. The first kappa shape index (κ1) is 17.0. The zero-order chi connectivity index (χ0) is 17.8. The molecule has 2 amide bonds. The molecule has 1 aliphatic rings. The van der Waals surface area contributed by atoms with Crippen molar-refractivity contribution in [3.05, 3.63) is 71.3 Å². The molecule has 2 aromatic rings. The third kappa shape index (κ3) is 3.99. The fourth-order valence-electron chi connectivity index (χ4n) is 3.09. The molecule has 0 spiro atoms. The van der Waals surface area contributed by atoms with Gasteiger partial charge in [-0.1, -0.05) is 67.1 Å². The highest BCUT2D eigenvalue weighted by molar-refractivity contribution is 5.83. The molecular weight excluding hydrogens is 316 g/mol. The van der Waals surface area contributed by atoms with Gasteiger partial charge in [-0.2, -0.15) is 0 Å². The van der Waals surface area contributed by atoms with E-state index in [9.17, 15) is 9.59 Å². The van der Waals surface area contributed by atoms with E-state index in [4.69, 9.17) is 4.74 Å². The van der Waals surface area contributed by atoms with Crippen LogP contribution < -0.4 is 10.6 Å². The van der Waals surface area contributed by atoms with E-state index in [-0.39, 0.29) is 30.5 Å². The number of nitrogens with one attached hydrogen (secondary N) is 2. The molecule has 1 unspecified atom stereocenters. The van der Waals surface area contributed by atoms with Gasteiger partial charge in [-0.05, 0) is 18.1 Å². The Kier molecular flexibility index (Phi) is 5.03. The second-order valence-electron chi connectivity index (χ2n) is 6.42. The Hall–Kier alpha value is -2.82. The smallest absolute Gasteiger partial charge is 0.407 e. The fraction of sp³-hybridized carbons (Fsp3) is 0.300. The lowest BCUT2D eigenvalue weighted by Gasteiger charge is -2.22. The van der Waals surface area contributed by atoms with Crippen molar-refractivity contribution >= 4 is 12.0 Å². The molecule has 1 aliphatic heterocycles. The van der Waals surface area contributed by atoms with Gasteiger partial charge in [-0.3, -0.25) is 4.79 Å². The topological polar surface area (TPSA) is 67.4 Å². The highest BCUT2D eigenvalue weighted by Crippen LogP contribution is 2.29. The number of carbonyl (C=O) groups excluding carboxylic acids is 2. The second-order valence-corrected chi connectivity index (χ2v) is 6.42. The van der Waals surface area contributed by atoms with Gasteiger partial charge < -0.3 is 15.4 Å². The predicted molar refractivity (Wildman–Crippen MR) is 94.8 cm³/mol. The van der Waals surface area contributed by atoms with Crippen molar-refractivity contribution in [3.8, 4) is 0 Å². The maximum absolute atomic E-state index is 12.2. The molecule has 1 fully saturated rings. The summed E-state index contributed by atoms with van der Waals surface area (Å²) in [5.41, 5.74) is 3.00. The second kappa shape index (κ2) is 7.38. The van der Waals surface area contributed by atoms with E-state index in [0.29, 0.717) is 0 Å². The number of amides is 2. The number of rotatable bonds is 4. The number of aryl methyl sites for hydroxylation is 1. The van der Waals surface area contributed by atoms with Gasteiger partial charge in [0.1, 0.15) is 6.61 Å². The summed E-state index contributed by atoms with van der Waals surface area (Å²) in [4.78, 5) is 24.3. The third-order valence-electron chi connectivity index (χ3n) is 4.51. The molecule has 3 atom stereocenters. The minimum atomic E-state index is -0.519. The highest BCUT2D eigenvalue weighted by Gasteiger charge is 2.41. The van der Waals surface area contributed by atoms with Gasteiger partial charge in [0.25, 0.3) is 0 Å². The van der Waals surface area contributed by atoms with Gasteiger partial charge in [-0.25, -0.2) is 4.79 Å². The van der Waals surface area contributed by atoms with Gasteiger partial charge in [0.05, 0.1) is 18.0 Å². The predicted octanol–water partition coefficient (Wildman–Crippen LogP) is 3.10. The first-order chi connectivity index (χ1) is 12.0. The summed E-state index contributed by atoms with van der Waals surface area (Å²) in [5, 5.41) is 5.82. The molecule has 2 aromatic carbocycles. The zero-order valence-corrected chi connectivity index (χ0v) is 14.4. The van der Waals surface area contributed by atoms with Crippen LogP contribution in [0.2, 0.25) is 0 Å². The summed E-state index contributed by atoms with van der Waals surface area (Å²) < 4.78 is 5.29. The molecule has 130 valence electrons. The van der Waals surface area contributed by atoms with Crippen molar-refractivity contribution in [2.24, 2.45) is 5.92 Å². The minimum absolute atomic E-state index is 0.0696. The van der Waals surface area contributed by atoms with Crippen LogP contribution in [-0.4, -0.2) is 18.0 Å². The summed E-state index contributed by atoms with van der Waals surface area (Å²) >= 11 is 0. The average Bonchev–Trinajstić information content (AvgIpc) is 2.89. The van der Waals surface area contributed by atoms with Crippen molar-refractivity contribution in [3.63, 3.8) is 0 Å². The van der Waals surface area contributed by atoms with Gasteiger partial charge in [-0.15, -0.1) is 0 Å². The largest absolute Gasteiger partial charge is 0.445 e. The molecule has 3 rings (SSSR count). The quantitative estimate of drug-likeness (QED) is 0.900. The van der Waals surface area contributed by atoms with Crippen molar-refractivity contribution in [2.45, 2.75) is 32.5 Å². The van der Waals surface area contributed by atoms with E-state index in [2.05, 4.69) is 10.6 Å². The van der Waals surface area contributed by atoms with Crippen LogP contribution in [0.1, 0.15) is 29.7 Å². The van der Waals surface area contributed by atoms with E-state index < -0.39 is 6.09 Å². The standard InChI is InChI=1S/C20H22N2O3/c1-13-7-6-10-16(11-13)18-17(14(2)19(23)21-18)22-20(24)25-12-15-8-4-3-5-9-15/h3-11,14,17-18H,12H2,1-2H3,(H,21,23)(H,22,24)/t14-,17-,18?/m0/s1. The Labute approximate surface area is 147 Å². The SMILES string of the molecule is Cc1cccc(C2NC(=O)[C@@H](C)[C@@H]2NC(=O)OCc2ccccc2)c1. The lowest BCUT2D eigenvalue weighted by molar-refractivity contribution is -0.122. The summed E-state index contributed by atoms with van der Waals surface area (Å²) in [6.45, 7) is 4.01. The van der Waals surface area contributed by atoms with Crippen LogP contribution in [0.15, 0.2) is 54.6 Å². The molecule has 0 saturated carbocycles. The van der Waals surface area contributed by atoms with Crippen LogP contribution in [0.4, 0.5) is 4.79 Å². The average molecular weight is 338 g/mol. The van der Waals surface area contributed by atoms with Crippen LogP contribution in [-0.2, 0) is 16.1 Å². The first-order valence-electron chi connectivity index (χ1n) is 8.39. The minimum Gasteiger partial charge on any atom is -0.445 e. The lowest BCUT2D eigenvalue weighted by atomic mass is 9.94. The van der Waals surface area contributed by atoms with Crippen LogP contribution in [0, 0.1) is 12.8 Å². The third-order valence-corrected chi connectivity index (χ3v) is 4.51. The molecule has 0 radical (unpaired) electrons. The summed E-state index contributed by atoms with van der Waals surface area (Å²) in [7, 11) is 0. The number of ether oxygens (including phenoxy) is 1. The fourth-order valence-corrected chi connectivity index (χ4v) is 3.09. The number of benzene rings is 2. The van der Waals surface area contributed by atoms with E-state index in [1.165, 1.54) is 0 Å². The number of hydrogen-bond donors (Lipinski definition) is 2. The van der Waals surface area contributed by atoms with Crippen molar-refractivity contribution in [2.75, 3.05) is 0 Å². The van der Waals surface area contributed by atoms with Crippen molar-refractivity contribution in [1.82, 2.24) is 10.6 Å². The molecule has 5 heteroatoms. The maximum atomic E-state index is 12.2. The summed E-state index contributed by atoms with van der Waals surface area (Å²) in [6, 6.07) is 16.8. The van der Waals surface area contributed by atoms with Crippen LogP contribution in [0.3, 0.4) is 0 Å². The monoisotopic (exact) mass is 338 g/mol. The van der Waals surface area contributed by atoms with Gasteiger partial charge >= 0.3 is 6.09 Å². The molecule has 0 aromatic heterocycles. The molecule has 2 N–H and O–H groups in total. The molecular formula is C20H22N2O3. The van der Waals surface area contributed by atoms with Crippen molar-refractivity contribution < 1.29 is 14.3 Å². The van der Waals surface area contributed by atoms with E-state index in [1.54, 1.807) is 0 Å². The van der Waals surface area contributed by atoms with E-state index in [0.717, 1.165) is 16.7 Å².